The molecule has 1 amide bonds. The normalized spacial score (nSPS) is 13.8. The van der Waals surface area contributed by atoms with Gasteiger partial charge >= 0.3 is 0 Å². The summed E-state index contributed by atoms with van der Waals surface area (Å²) in [7, 11) is 0. The monoisotopic (exact) mass is 447 g/mol. The Bertz CT molecular complexity index is 1080. The molecule has 1 fully saturated rings. The summed E-state index contributed by atoms with van der Waals surface area (Å²) in [6.45, 7) is 5.17. The van der Waals surface area contributed by atoms with Crippen molar-refractivity contribution in [3.8, 4) is 0 Å². The van der Waals surface area contributed by atoms with Crippen LogP contribution >= 0.6 is 11.8 Å². The molecule has 7 nitrogen and oxygen atoms in total. The molecule has 0 radical (unpaired) electrons. The molecule has 32 heavy (non-hydrogen) atoms. The number of benzene rings is 2. The molecule has 4 rings (SSSR count). The Morgan fingerprint density at radius 1 is 1.09 bits per heavy atom. The second-order valence-corrected chi connectivity index (χ2v) is 8.20. The zero-order chi connectivity index (χ0) is 22.2. The average Bonchev–Trinajstić information content (AvgIpc) is 2.81. The molecule has 0 unspecified atom stereocenters. The molecule has 164 valence electrons. The van der Waals surface area contributed by atoms with Crippen molar-refractivity contribution in [2.45, 2.75) is 16.8 Å². The molecule has 1 aliphatic heterocycles. The number of anilines is 4. The highest BCUT2D eigenvalue weighted by Crippen LogP contribution is 2.29. The molecule has 2 heterocycles. The molecule has 0 bridgehead atoms. The van der Waals surface area contributed by atoms with Crippen LogP contribution in [-0.2, 0) is 9.53 Å². The molecule has 1 saturated heterocycles. The molecule has 0 atom stereocenters. The first-order chi connectivity index (χ1) is 15.7. The van der Waals surface area contributed by atoms with Crippen LogP contribution in [0.1, 0.15) is 6.92 Å². The highest BCUT2D eigenvalue weighted by molar-refractivity contribution is 7.99. The van der Waals surface area contributed by atoms with Gasteiger partial charge < -0.3 is 20.3 Å². The third-order valence-corrected chi connectivity index (χ3v) is 5.70. The first-order valence-corrected chi connectivity index (χ1v) is 11.3. The van der Waals surface area contributed by atoms with Gasteiger partial charge in [-0.25, -0.2) is 9.97 Å². The van der Waals surface area contributed by atoms with Crippen LogP contribution in [0.15, 0.2) is 82.9 Å². The number of rotatable bonds is 7. The van der Waals surface area contributed by atoms with Crippen molar-refractivity contribution in [1.29, 1.82) is 0 Å². The van der Waals surface area contributed by atoms with E-state index in [2.05, 4.69) is 37.6 Å². The summed E-state index contributed by atoms with van der Waals surface area (Å²) in [5.41, 5.74) is 2.86. The van der Waals surface area contributed by atoms with Gasteiger partial charge in [0.2, 0.25) is 11.9 Å². The van der Waals surface area contributed by atoms with E-state index in [-0.39, 0.29) is 5.91 Å². The number of aromatic nitrogens is 2. The molecule has 8 heteroatoms. The summed E-state index contributed by atoms with van der Waals surface area (Å²) in [4.78, 5) is 24.0. The number of morpholine rings is 1. The van der Waals surface area contributed by atoms with E-state index in [4.69, 9.17) is 4.74 Å². The van der Waals surface area contributed by atoms with Crippen molar-refractivity contribution in [3.63, 3.8) is 0 Å². The van der Waals surface area contributed by atoms with E-state index in [0.717, 1.165) is 47.6 Å². The molecule has 0 aliphatic carbocycles. The molecule has 1 aromatic heterocycles. The van der Waals surface area contributed by atoms with Crippen LogP contribution < -0.4 is 15.5 Å². The minimum atomic E-state index is -0.150. The Labute approximate surface area is 191 Å². The van der Waals surface area contributed by atoms with Gasteiger partial charge in [0.05, 0.1) is 13.2 Å². The van der Waals surface area contributed by atoms with Gasteiger partial charge in [0.25, 0.3) is 0 Å². The largest absolute Gasteiger partial charge is 0.378 e. The standard InChI is InChI=1S/C24H25N5O2S/c1-2-4-22(30)26-19-5-3-6-21(17-19)32-23-11-12-25-24(28-23)27-18-7-9-20(10-8-18)29-13-15-31-16-14-29/h2-12,17H,13-16H2,1H3,(H,26,30)(H,25,27,28)/b4-2+. The van der Waals surface area contributed by atoms with Crippen molar-refractivity contribution < 1.29 is 9.53 Å². The highest BCUT2D eigenvalue weighted by Gasteiger charge is 2.11. The number of carbonyl (C=O) groups excluding carboxylic acids is 1. The fourth-order valence-corrected chi connectivity index (χ4v) is 4.09. The van der Waals surface area contributed by atoms with Crippen molar-refractivity contribution >= 4 is 40.7 Å². The fraction of sp³-hybridized carbons (Fsp3) is 0.208. The third kappa shape index (κ3) is 6.09. The maximum absolute atomic E-state index is 11.8. The van der Waals surface area contributed by atoms with E-state index < -0.39 is 0 Å². The average molecular weight is 448 g/mol. The first kappa shape index (κ1) is 21.9. The predicted octanol–water partition coefficient (Wildman–Crippen LogP) is 4.72. The zero-order valence-corrected chi connectivity index (χ0v) is 18.6. The van der Waals surface area contributed by atoms with Crippen LogP contribution in [-0.4, -0.2) is 42.2 Å². The van der Waals surface area contributed by atoms with Crippen LogP contribution in [0.2, 0.25) is 0 Å². The molecular weight excluding hydrogens is 422 g/mol. The second kappa shape index (κ2) is 10.8. The number of hydrogen-bond acceptors (Lipinski definition) is 7. The summed E-state index contributed by atoms with van der Waals surface area (Å²) in [6.07, 6.45) is 4.94. The maximum atomic E-state index is 11.8. The van der Waals surface area contributed by atoms with E-state index in [9.17, 15) is 4.79 Å². The molecule has 1 aliphatic rings. The van der Waals surface area contributed by atoms with E-state index in [1.165, 1.54) is 23.5 Å². The van der Waals surface area contributed by atoms with E-state index in [1.807, 2.05) is 49.4 Å². The van der Waals surface area contributed by atoms with Gasteiger partial charge in [-0.05, 0) is 61.5 Å². The Morgan fingerprint density at radius 3 is 2.69 bits per heavy atom. The van der Waals surface area contributed by atoms with E-state index >= 15 is 0 Å². The zero-order valence-electron chi connectivity index (χ0n) is 17.8. The molecule has 2 aromatic carbocycles. The topological polar surface area (TPSA) is 79.4 Å². The smallest absolute Gasteiger partial charge is 0.248 e. The maximum Gasteiger partial charge on any atom is 0.248 e. The summed E-state index contributed by atoms with van der Waals surface area (Å²) in [5, 5.41) is 6.92. The molecule has 0 saturated carbocycles. The number of carbonyl (C=O) groups is 1. The van der Waals surface area contributed by atoms with Gasteiger partial charge in [-0.2, -0.15) is 0 Å². The van der Waals surface area contributed by atoms with Gasteiger partial charge in [0, 0.05) is 41.2 Å². The summed E-state index contributed by atoms with van der Waals surface area (Å²) >= 11 is 1.51. The van der Waals surface area contributed by atoms with Crippen molar-refractivity contribution in [3.05, 3.63) is 72.9 Å². The number of allylic oxidation sites excluding steroid dienone is 1. The van der Waals surface area contributed by atoms with Crippen molar-refractivity contribution in [1.82, 2.24) is 9.97 Å². The predicted molar refractivity (Wildman–Crippen MR) is 129 cm³/mol. The van der Waals surface area contributed by atoms with E-state index in [0.29, 0.717) is 5.95 Å². The quantitative estimate of drug-likeness (QED) is 0.401. The van der Waals surface area contributed by atoms with Crippen LogP contribution in [0.3, 0.4) is 0 Å². The molecule has 0 spiro atoms. The summed E-state index contributed by atoms with van der Waals surface area (Å²) in [6, 6.07) is 17.8. The van der Waals surface area contributed by atoms with Gasteiger partial charge in [0.1, 0.15) is 5.03 Å². The lowest BCUT2D eigenvalue weighted by Gasteiger charge is -2.28. The third-order valence-electron chi connectivity index (χ3n) is 4.77. The number of nitrogens with zero attached hydrogens (tertiary/aromatic N) is 3. The fourth-order valence-electron chi connectivity index (χ4n) is 3.26. The van der Waals surface area contributed by atoms with Gasteiger partial charge in [-0.15, -0.1) is 0 Å². The first-order valence-electron chi connectivity index (χ1n) is 10.4. The minimum absolute atomic E-state index is 0.150. The van der Waals surface area contributed by atoms with Crippen LogP contribution in [0, 0.1) is 0 Å². The Kier molecular flexibility index (Phi) is 7.37. The lowest BCUT2D eigenvalue weighted by molar-refractivity contribution is -0.111. The lowest BCUT2D eigenvalue weighted by atomic mass is 10.2. The molecular formula is C24H25N5O2S. The Morgan fingerprint density at radius 2 is 1.91 bits per heavy atom. The minimum Gasteiger partial charge on any atom is -0.378 e. The van der Waals surface area contributed by atoms with Gasteiger partial charge in [0.15, 0.2) is 0 Å². The van der Waals surface area contributed by atoms with Crippen LogP contribution in [0.4, 0.5) is 23.0 Å². The number of hydrogen-bond donors (Lipinski definition) is 2. The summed E-state index contributed by atoms with van der Waals surface area (Å²) < 4.78 is 5.42. The highest BCUT2D eigenvalue weighted by atomic mass is 32.2. The molecule has 3 aromatic rings. The number of amides is 1. The molecule has 2 N–H and O–H groups in total. The van der Waals surface area contributed by atoms with Crippen LogP contribution in [0.5, 0.6) is 0 Å². The Hall–Kier alpha value is -3.36. The number of ether oxygens (including phenoxy) is 1. The van der Waals surface area contributed by atoms with Crippen molar-refractivity contribution in [2.24, 2.45) is 0 Å². The second-order valence-electron chi connectivity index (χ2n) is 7.11. The van der Waals surface area contributed by atoms with Crippen molar-refractivity contribution in [2.75, 3.05) is 41.8 Å². The van der Waals surface area contributed by atoms with Crippen LogP contribution in [0.25, 0.3) is 0 Å². The SMILES string of the molecule is C/C=C/C(=O)Nc1cccc(Sc2ccnc(Nc3ccc(N4CCOCC4)cc3)n2)c1. The Balaban J connectivity index is 1.40. The lowest BCUT2D eigenvalue weighted by Crippen LogP contribution is -2.36. The van der Waals surface area contributed by atoms with E-state index in [1.54, 1.807) is 12.3 Å². The van der Waals surface area contributed by atoms with Gasteiger partial charge in [-0.1, -0.05) is 23.9 Å². The number of nitrogens with one attached hydrogen (secondary N) is 2. The van der Waals surface area contributed by atoms with Gasteiger partial charge in [-0.3, -0.25) is 4.79 Å². The summed E-state index contributed by atoms with van der Waals surface area (Å²) in [5.74, 6) is 0.384.